The monoisotopic (exact) mass is 226 g/mol. The molecule has 1 heterocycles. The minimum atomic E-state index is 0.139. The lowest BCUT2D eigenvalue weighted by molar-refractivity contribution is 0.699. The van der Waals surface area contributed by atoms with Gasteiger partial charge in [0.2, 0.25) is 0 Å². The Bertz CT molecular complexity index is 489. The molecule has 1 aromatic heterocycles. The molecular formula is C15H18N2. The van der Waals surface area contributed by atoms with E-state index in [9.17, 15) is 0 Å². The fourth-order valence-corrected chi connectivity index (χ4v) is 1.87. The Balaban J connectivity index is 2.29. The van der Waals surface area contributed by atoms with Gasteiger partial charge in [0, 0.05) is 24.0 Å². The highest BCUT2D eigenvalue weighted by Gasteiger charge is 2.03. The van der Waals surface area contributed by atoms with Gasteiger partial charge in [-0.2, -0.15) is 0 Å². The lowest BCUT2D eigenvalue weighted by Crippen LogP contribution is -2.08. The molecule has 17 heavy (non-hydrogen) atoms. The van der Waals surface area contributed by atoms with E-state index in [1.54, 1.807) is 0 Å². The van der Waals surface area contributed by atoms with Gasteiger partial charge < -0.3 is 5.73 Å². The minimum Gasteiger partial charge on any atom is -0.324 e. The Morgan fingerprint density at radius 2 is 1.82 bits per heavy atom. The number of rotatable bonds is 3. The van der Waals surface area contributed by atoms with Crippen LogP contribution in [-0.4, -0.2) is 4.98 Å². The van der Waals surface area contributed by atoms with E-state index in [2.05, 4.69) is 49.2 Å². The van der Waals surface area contributed by atoms with Crippen LogP contribution in [0.3, 0.4) is 0 Å². The first-order valence-corrected chi connectivity index (χ1v) is 5.98. The topological polar surface area (TPSA) is 38.9 Å². The molecule has 0 bridgehead atoms. The average Bonchev–Trinajstić information content (AvgIpc) is 2.38. The molecule has 1 unspecified atom stereocenters. The van der Waals surface area contributed by atoms with Crippen LogP contribution in [-0.2, 0) is 0 Å². The normalized spacial score (nSPS) is 12.4. The van der Waals surface area contributed by atoms with Crippen molar-refractivity contribution in [2.75, 3.05) is 0 Å². The van der Waals surface area contributed by atoms with Gasteiger partial charge in [0.25, 0.3) is 0 Å². The van der Waals surface area contributed by atoms with Crippen LogP contribution in [0.15, 0.2) is 42.7 Å². The molecule has 2 nitrogen and oxygen atoms in total. The van der Waals surface area contributed by atoms with Crippen LogP contribution in [0, 0.1) is 6.92 Å². The molecule has 88 valence electrons. The minimum absolute atomic E-state index is 0.139. The molecular weight excluding hydrogens is 208 g/mol. The highest BCUT2D eigenvalue weighted by Crippen LogP contribution is 2.22. The van der Waals surface area contributed by atoms with Crippen molar-refractivity contribution < 1.29 is 0 Å². The summed E-state index contributed by atoms with van der Waals surface area (Å²) < 4.78 is 0. The maximum absolute atomic E-state index is 5.99. The van der Waals surface area contributed by atoms with E-state index >= 15 is 0 Å². The van der Waals surface area contributed by atoms with Crippen molar-refractivity contribution in [3.8, 4) is 11.1 Å². The molecule has 1 atom stereocenters. The van der Waals surface area contributed by atoms with Crippen LogP contribution in [0.1, 0.15) is 30.5 Å². The van der Waals surface area contributed by atoms with Crippen molar-refractivity contribution in [2.24, 2.45) is 5.73 Å². The molecule has 2 N–H and O–H groups in total. The van der Waals surface area contributed by atoms with Gasteiger partial charge in [0.05, 0.1) is 0 Å². The summed E-state index contributed by atoms with van der Waals surface area (Å²) >= 11 is 0. The van der Waals surface area contributed by atoms with Crippen molar-refractivity contribution >= 4 is 0 Å². The zero-order valence-electron chi connectivity index (χ0n) is 10.4. The van der Waals surface area contributed by atoms with Gasteiger partial charge in [0.1, 0.15) is 0 Å². The van der Waals surface area contributed by atoms with Crippen molar-refractivity contribution in [1.82, 2.24) is 4.98 Å². The van der Waals surface area contributed by atoms with Crippen LogP contribution in [0.2, 0.25) is 0 Å². The van der Waals surface area contributed by atoms with Crippen LogP contribution in [0.25, 0.3) is 11.1 Å². The summed E-state index contributed by atoms with van der Waals surface area (Å²) in [6, 6.07) is 10.7. The van der Waals surface area contributed by atoms with Crippen molar-refractivity contribution in [1.29, 1.82) is 0 Å². The van der Waals surface area contributed by atoms with E-state index in [4.69, 9.17) is 5.73 Å². The van der Waals surface area contributed by atoms with E-state index in [1.807, 2.05) is 12.4 Å². The second-order valence-electron chi connectivity index (χ2n) is 4.39. The maximum Gasteiger partial charge on any atom is 0.0346 e. The predicted octanol–water partition coefficient (Wildman–Crippen LogP) is 3.47. The highest BCUT2D eigenvalue weighted by atomic mass is 14.6. The van der Waals surface area contributed by atoms with Gasteiger partial charge in [0.15, 0.2) is 0 Å². The van der Waals surface area contributed by atoms with Gasteiger partial charge in [-0.3, -0.25) is 4.98 Å². The second-order valence-corrected chi connectivity index (χ2v) is 4.39. The summed E-state index contributed by atoms with van der Waals surface area (Å²) in [6.07, 6.45) is 4.72. The lowest BCUT2D eigenvalue weighted by Gasteiger charge is -2.10. The molecule has 2 heteroatoms. The number of hydrogen-bond acceptors (Lipinski definition) is 2. The Kier molecular flexibility index (Phi) is 3.55. The summed E-state index contributed by atoms with van der Waals surface area (Å²) in [5.41, 5.74) is 10.7. The zero-order chi connectivity index (χ0) is 12.3. The maximum atomic E-state index is 5.99. The standard InChI is InChI=1S/C15H18N2/c1-3-15(16)13-6-4-12(5-7-13)14-8-11(2)9-17-10-14/h4-10,15H,3,16H2,1-2H3. The quantitative estimate of drug-likeness (QED) is 0.870. The fourth-order valence-electron chi connectivity index (χ4n) is 1.87. The van der Waals surface area contributed by atoms with Gasteiger partial charge in [-0.25, -0.2) is 0 Å². The first-order valence-electron chi connectivity index (χ1n) is 5.98. The summed E-state index contributed by atoms with van der Waals surface area (Å²) in [6.45, 7) is 4.15. The molecule has 2 rings (SSSR count). The molecule has 0 aliphatic heterocycles. The SMILES string of the molecule is CCC(N)c1ccc(-c2cncc(C)c2)cc1. The van der Waals surface area contributed by atoms with E-state index in [0.717, 1.165) is 12.0 Å². The number of nitrogens with two attached hydrogens (primary N) is 1. The summed E-state index contributed by atoms with van der Waals surface area (Å²) in [5, 5.41) is 0. The van der Waals surface area contributed by atoms with E-state index in [1.165, 1.54) is 16.7 Å². The van der Waals surface area contributed by atoms with Crippen molar-refractivity contribution in [3.63, 3.8) is 0 Å². The zero-order valence-corrected chi connectivity index (χ0v) is 10.4. The van der Waals surface area contributed by atoms with E-state index in [-0.39, 0.29) is 6.04 Å². The molecule has 0 radical (unpaired) electrons. The highest BCUT2D eigenvalue weighted by molar-refractivity contribution is 5.63. The molecule has 1 aromatic carbocycles. The van der Waals surface area contributed by atoms with Crippen LogP contribution in [0.4, 0.5) is 0 Å². The fraction of sp³-hybridized carbons (Fsp3) is 0.267. The number of aryl methyl sites for hydroxylation is 1. The van der Waals surface area contributed by atoms with E-state index < -0.39 is 0 Å². The van der Waals surface area contributed by atoms with E-state index in [0.29, 0.717) is 0 Å². The van der Waals surface area contributed by atoms with Gasteiger partial charge in [-0.1, -0.05) is 31.2 Å². The molecule has 0 aliphatic rings. The number of aromatic nitrogens is 1. The van der Waals surface area contributed by atoms with Crippen LogP contribution >= 0.6 is 0 Å². The number of nitrogens with zero attached hydrogens (tertiary/aromatic N) is 1. The second kappa shape index (κ2) is 5.11. The Morgan fingerprint density at radius 3 is 2.41 bits per heavy atom. The van der Waals surface area contributed by atoms with Crippen molar-refractivity contribution in [3.05, 3.63) is 53.9 Å². The van der Waals surface area contributed by atoms with Crippen LogP contribution < -0.4 is 5.73 Å². The molecule has 0 saturated carbocycles. The molecule has 0 spiro atoms. The van der Waals surface area contributed by atoms with Crippen molar-refractivity contribution in [2.45, 2.75) is 26.3 Å². The predicted molar refractivity (Wildman–Crippen MR) is 71.6 cm³/mol. The van der Waals surface area contributed by atoms with Crippen LogP contribution in [0.5, 0.6) is 0 Å². The average molecular weight is 226 g/mol. The summed E-state index contributed by atoms with van der Waals surface area (Å²) in [5.74, 6) is 0. The van der Waals surface area contributed by atoms with Gasteiger partial charge in [-0.05, 0) is 36.1 Å². The smallest absolute Gasteiger partial charge is 0.0346 e. The molecule has 0 fully saturated rings. The Hall–Kier alpha value is -1.67. The lowest BCUT2D eigenvalue weighted by atomic mass is 10.0. The number of benzene rings is 1. The number of pyridine rings is 1. The summed E-state index contributed by atoms with van der Waals surface area (Å²) in [4.78, 5) is 4.21. The first-order chi connectivity index (χ1) is 8.20. The third kappa shape index (κ3) is 2.71. The molecule has 2 aromatic rings. The largest absolute Gasteiger partial charge is 0.324 e. The first kappa shape index (κ1) is 11.8. The third-order valence-corrected chi connectivity index (χ3v) is 2.99. The molecule has 0 amide bonds. The van der Waals surface area contributed by atoms with Gasteiger partial charge >= 0.3 is 0 Å². The Labute approximate surface area is 103 Å². The number of hydrogen-bond donors (Lipinski definition) is 1. The molecule has 0 saturated heterocycles. The Morgan fingerprint density at radius 1 is 1.12 bits per heavy atom. The van der Waals surface area contributed by atoms with Gasteiger partial charge in [-0.15, -0.1) is 0 Å². The third-order valence-electron chi connectivity index (χ3n) is 2.99. The summed E-state index contributed by atoms with van der Waals surface area (Å²) in [7, 11) is 0. The molecule has 0 aliphatic carbocycles.